The highest BCUT2D eigenvalue weighted by Gasteiger charge is 2.58. The van der Waals surface area contributed by atoms with Crippen molar-refractivity contribution >= 4 is 34.9 Å². The molecule has 220 valence electrons. The second kappa shape index (κ2) is 12.2. The molecule has 1 aliphatic heterocycles. The topological polar surface area (TPSA) is 143 Å². The Kier molecular flexibility index (Phi) is 8.72. The molecule has 0 amide bonds. The van der Waals surface area contributed by atoms with E-state index in [1.54, 1.807) is 7.05 Å². The largest absolute Gasteiger partial charge is 0.463 e. The standard InChI is InChI=1S/C28H41FN6O5/c1-28(29)23(40-21(37)14-18-11-7-4-8-12-18)19(15-38-20(36)13-17-9-5-3-6-10-17)39-26(28)35-16-32-22-24(31-2)33-27(30)34-25(22)35/h16-19,23,26H,3-15H2,1-2H3,(H3,30,31,33,34)/t19-,23-,26-,28-/m1/s1. The van der Waals surface area contributed by atoms with Crippen LogP contribution >= 0.6 is 0 Å². The number of ether oxygens (including phenoxy) is 3. The number of nitrogen functional groups attached to an aromatic ring is 1. The fourth-order valence-electron chi connectivity index (χ4n) is 6.49. The lowest BCUT2D eigenvalue weighted by atomic mass is 9.87. The molecule has 3 fully saturated rings. The molecule has 4 atom stereocenters. The fraction of sp³-hybridized carbons (Fsp3) is 0.750. The van der Waals surface area contributed by atoms with E-state index in [9.17, 15) is 9.59 Å². The number of hydrogen-bond acceptors (Lipinski definition) is 10. The summed E-state index contributed by atoms with van der Waals surface area (Å²) in [6.07, 6.45) is 9.11. The average Bonchev–Trinajstić information content (AvgIpc) is 3.45. The predicted octanol–water partition coefficient (Wildman–Crippen LogP) is 4.47. The minimum absolute atomic E-state index is 0.0131. The minimum Gasteiger partial charge on any atom is -0.463 e. The van der Waals surface area contributed by atoms with E-state index in [-0.39, 0.29) is 36.5 Å². The molecule has 2 aromatic heterocycles. The van der Waals surface area contributed by atoms with Crippen LogP contribution in [0.3, 0.4) is 0 Å². The van der Waals surface area contributed by atoms with Crippen LogP contribution in [0.1, 0.15) is 90.2 Å². The summed E-state index contributed by atoms with van der Waals surface area (Å²) >= 11 is 0. The van der Waals surface area contributed by atoms with Crippen molar-refractivity contribution in [3.8, 4) is 0 Å². The van der Waals surface area contributed by atoms with Gasteiger partial charge in [0.2, 0.25) is 5.95 Å². The lowest BCUT2D eigenvalue weighted by molar-refractivity contribution is -0.162. The van der Waals surface area contributed by atoms with Gasteiger partial charge < -0.3 is 25.3 Å². The third-order valence-corrected chi connectivity index (χ3v) is 8.64. The Labute approximate surface area is 233 Å². The number of aromatic nitrogens is 4. The highest BCUT2D eigenvalue weighted by Crippen LogP contribution is 2.45. The molecular formula is C28H41FN6O5. The molecule has 0 spiro atoms. The molecule has 0 unspecified atom stereocenters. The number of fused-ring (bicyclic) bond motifs is 1. The van der Waals surface area contributed by atoms with Gasteiger partial charge in [-0.25, -0.2) is 9.37 Å². The molecule has 5 rings (SSSR count). The molecule has 3 aliphatic rings. The number of rotatable bonds is 9. The van der Waals surface area contributed by atoms with Crippen molar-refractivity contribution in [1.29, 1.82) is 0 Å². The SMILES string of the molecule is CNc1nc(N)nc2c1ncn2[C@@H]1O[C@H](COC(=O)CC2CCCCC2)[C@@H](OC(=O)CC2CCCCC2)[C@@]1(C)F. The molecular weight excluding hydrogens is 519 g/mol. The van der Waals surface area contributed by atoms with E-state index in [0.29, 0.717) is 23.7 Å². The Morgan fingerprint density at radius 3 is 2.33 bits per heavy atom. The zero-order valence-electron chi connectivity index (χ0n) is 23.4. The Balaban J connectivity index is 1.36. The highest BCUT2D eigenvalue weighted by atomic mass is 19.1. The number of nitrogens with two attached hydrogens (primary N) is 1. The molecule has 1 saturated heterocycles. The summed E-state index contributed by atoms with van der Waals surface area (Å²) in [5.74, 6) is 0.0959. The Bertz CT molecular complexity index is 1190. The number of esters is 2. The van der Waals surface area contributed by atoms with Gasteiger partial charge in [0.1, 0.15) is 12.7 Å². The second-order valence-electron chi connectivity index (χ2n) is 11.7. The van der Waals surface area contributed by atoms with Crippen molar-refractivity contribution in [3.63, 3.8) is 0 Å². The van der Waals surface area contributed by atoms with E-state index in [2.05, 4.69) is 20.3 Å². The Morgan fingerprint density at radius 1 is 1.07 bits per heavy atom. The zero-order valence-corrected chi connectivity index (χ0v) is 23.4. The van der Waals surface area contributed by atoms with Crippen molar-refractivity contribution in [3.05, 3.63) is 6.33 Å². The van der Waals surface area contributed by atoms with E-state index in [1.165, 1.54) is 30.7 Å². The molecule has 12 heteroatoms. The summed E-state index contributed by atoms with van der Waals surface area (Å²) in [6, 6.07) is 0. The van der Waals surface area contributed by atoms with Gasteiger partial charge in [0.15, 0.2) is 35.0 Å². The number of nitrogens with zero attached hydrogens (tertiary/aromatic N) is 4. The van der Waals surface area contributed by atoms with Crippen LogP contribution in [0.2, 0.25) is 0 Å². The van der Waals surface area contributed by atoms with Crippen molar-refractivity contribution in [2.24, 2.45) is 11.8 Å². The van der Waals surface area contributed by atoms with E-state index in [4.69, 9.17) is 19.9 Å². The predicted molar refractivity (Wildman–Crippen MR) is 146 cm³/mol. The second-order valence-corrected chi connectivity index (χ2v) is 11.7. The van der Waals surface area contributed by atoms with Crippen molar-refractivity contribution in [2.45, 2.75) is 108 Å². The van der Waals surface area contributed by atoms with Crippen molar-refractivity contribution in [2.75, 3.05) is 24.7 Å². The van der Waals surface area contributed by atoms with Gasteiger partial charge in [-0.05, 0) is 44.4 Å². The number of carbonyl (C=O) groups excluding carboxylic acids is 2. The molecule has 2 saturated carbocycles. The summed E-state index contributed by atoms with van der Waals surface area (Å²) in [5.41, 5.74) is 4.38. The quantitative estimate of drug-likeness (QED) is 0.422. The molecule has 3 heterocycles. The van der Waals surface area contributed by atoms with Crippen molar-refractivity contribution < 1.29 is 28.2 Å². The van der Waals surface area contributed by atoms with E-state index in [0.717, 1.165) is 51.4 Å². The number of nitrogens with one attached hydrogen (secondary N) is 1. The molecule has 2 aliphatic carbocycles. The molecule has 2 aromatic rings. The number of alkyl halides is 1. The minimum atomic E-state index is -2.18. The van der Waals surface area contributed by atoms with Gasteiger partial charge in [-0.2, -0.15) is 9.97 Å². The summed E-state index contributed by atoms with van der Waals surface area (Å²) in [4.78, 5) is 38.5. The van der Waals surface area contributed by atoms with Crippen molar-refractivity contribution in [1.82, 2.24) is 19.5 Å². The van der Waals surface area contributed by atoms with Crippen LogP contribution in [0.4, 0.5) is 16.2 Å². The summed E-state index contributed by atoms with van der Waals surface area (Å²) in [5, 5.41) is 2.92. The Hall–Kier alpha value is -3.02. The highest BCUT2D eigenvalue weighted by molar-refractivity contribution is 5.84. The van der Waals surface area contributed by atoms with Gasteiger partial charge in [-0.3, -0.25) is 14.2 Å². The van der Waals surface area contributed by atoms with Gasteiger partial charge >= 0.3 is 11.9 Å². The molecule has 0 radical (unpaired) electrons. The van der Waals surface area contributed by atoms with Crippen LogP contribution in [0, 0.1) is 11.8 Å². The monoisotopic (exact) mass is 560 g/mol. The maximum absolute atomic E-state index is 16.7. The van der Waals surface area contributed by atoms with Crippen LogP contribution in [-0.4, -0.2) is 63.0 Å². The maximum Gasteiger partial charge on any atom is 0.306 e. The lowest BCUT2D eigenvalue weighted by Gasteiger charge is -2.28. The lowest BCUT2D eigenvalue weighted by Crippen LogP contribution is -2.44. The summed E-state index contributed by atoms with van der Waals surface area (Å²) in [6.45, 7) is 1.10. The summed E-state index contributed by atoms with van der Waals surface area (Å²) < 4.78 is 35.7. The molecule has 40 heavy (non-hydrogen) atoms. The average molecular weight is 561 g/mol. The van der Waals surface area contributed by atoms with Crippen LogP contribution in [0.25, 0.3) is 11.2 Å². The number of carbonyl (C=O) groups is 2. The molecule has 0 aromatic carbocycles. The normalized spacial score (nSPS) is 28.0. The van der Waals surface area contributed by atoms with Gasteiger partial charge in [0.25, 0.3) is 0 Å². The first-order chi connectivity index (χ1) is 19.3. The van der Waals surface area contributed by atoms with Gasteiger partial charge in [0.05, 0.1) is 6.33 Å². The van der Waals surface area contributed by atoms with Crippen LogP contribution in [0.5, 0.6) is 0 Å². The van der Waals surface area contributed by atoms with Gasteiger partial charge in [-0.1, -0.05) is 38.5 Å². The number of imidazole rings is 1. The first-order valence-electron chi connectivity index (χ1n) is 14.6. The zero-order chi connectivity index (χ0) is 28.3. The van der Waals surface area contributed by atoms with Crippen LogP contribution in [0.15, 0.2) is 6.33 Å². The number of anilines is 2. The van der Waals surface area contributed by atoms with E-state index in [1.807, 2.05) is 0 Å². The molecule has 3 N–H and O–H groups in total. The third kappa shape index (κ3) is 6.16. The van der Waals surface area contributed by atoms with Gasteiger partial charge in [-0.15, -0.1) is 0 Å². The fourth-order valence-corrected chi connectivity index (χ4v) is 6.49. The van der Waals surface area contributed by atoms with Gasteiger partial charge in [0, 0.05) is 19.9 Å². The molecule has 11 nitrogen and oxygen atoms in total. The maximum atomic E-state index is 16.7. The number of hydrogen-bond donors (Lipinski definition) is 2. The summed E-state index contributed by atoms with van der Waals surface area (Å²) in [7, 11) is 1.67. The first-order valence-corrected chi connectivity index (χ1v) is 14.6. The number of halogens is 1. The van der Waals surface area contributed by atoms with Crippen LogP contribution in [-0.2, 0) is 23.8 Å². The smallest absolute Gasteiger partial charge is 0.306 e. The third-order valence-electron chi connectivity index (χ3n) is 8.64. The molecule has 0 bridgehead atoms. The van der Waals surface area contributed by atoms with E-state index < -0.39 is 30.1 Å². The van der Waals surface area contributed by atoms with Crippen LogP contribution < -0.4 is 11.1 Å². The Morgan fingerprint density at radius 2 is 1.70 bits per heavy atom. The van der Waals surface area contributed by atoms with E-state index >= 15 is 4.39 Å². The first kappa shape index (κ1) is 28.5.